The molecular formula is C11H20N2O2S. The van der Waals surface area contributed by atoms with Crippen molar-refractivity contribution < 1.29 is 9.53 Å². The molecule has 1 heterocycles. The number of ether oxygens (including phenoxy) is 1. The number of amides is 1. The minimum Gasteiger partial charge on any atom is -0.393 e. The fourth-order valence-electron chi connectivity index (χ4n) is 1.81. The summed E-state index contributed by atoms with van der Waals surface area (Å²) in [7, 11) is 0. The van der Waals surface area contributed by atoms with E-state index in [0.717, 1.165) is 12.8 Å². The Morgan fingerprint density at radius 1 is 1.62 bits per heavy atom. The fourth-order valence-corrected chi connectivity index (χ4v) is 1.90. The third-order valence-corrected chi connectivity index (χ3v) is 2.91. The van der Waals surface area contributed by atoms with Gasteiger partial charge in [0.2, 0.25) is 0 Å². The topological polar surface area (TPSA) is 55.6 Å². The van der Waals surface area contributed by atoms with Crippen LogP contribution in [0.5, 0.6) is 0 Å². The molecule has 0 aromatic heterocycles. The highest BCUT2D eigenvalue weighted by Gasteiger charge is 2.29. The number of thiocarbonyl (C=S) groups is 1. The molecule has 1 aliphatic heterocycles. The molecule has 5 heteroatoms. The first-order chi connectivity index (χ1) is 7.52. The molecule has 1 fully saturated rings. The van der Waals surface area contributed by atoms with Crippen LogP contribution in [0.25, 0.3) is 0 Å². The van der Waals surface area contributed by atoms with Crippen LogP contribution in [0, 0.1) is 0 Å². The van der Waals surface area contributed by atoms with Gasteiger partial charge in [-0.25, -0.2) is 0 Å². The van der Waals surface area contributed by atoms with E-state index < -0.39 is 0 Å². The molecule has 4 nitrogen and oxygen atoms in total. The Morgan fingerprint density at radius 2 is 2.31 bits per heavy atom. The predicted octanol–water partition coefficient (Wildman–Crippen LogP) is 1.08. The van der Waals surface area contributed by atoms with Crippen LogP contribution in [0.3, 0.4) is 0 Å². The van der Waals surface area contributed by atoms with E-state index in [4.69, 9.17) is 22.7 Å². The van der Waals surface area contributed by atoms with E-state index in [1.165, 1.54) is 0 Å². The fraction of sp³-hybridized carbons (Fsp3) is 0.818. The molecule has 92 valence electrons. The molecule has 1 unspecified atom stereocenters. The van der Waals surface area contributed by atoms with E-state index in [0.29, 0.717) is 24.6 Å². The lowest BCUT2D eigenvalue weighted by atomic mass is 10.2. The van der Waals surface area contributed by atoms with Crippen molar-refractivity contribution in [2.45, 2.75) is 45.3 Å². The lowest BCUT2D eigenvalue weighted by Crippen LogP contribution is -2.44. The number of carbonyl (C=O) groups is 1. The van der Waals surface area contributed by atoms with E-state index in [-0.39, 0.29) is 18.1 Å². The Kier molecular flexibility index (Phi) is 5.15. The summed E-state index contributed by atoms with van der Waals surface area (Å²) in [6, 6.07) is 0.158. The number of nitrogens with zero attached hydrogens (tertiary/aromatic N) is 1. The lowest BCUT2D eigenvalue weighted by Gasteiger charge is -2.28. The highest BCUT2D eigenvalue weighted by molar-refractivity contribution is 7.80. The summed E-state index contributed by atoms with van der Waals surface area (Å²) in [5.41, 5.74) is 5.46. The summed E-state index contributed by atoms with van der Waals surface area (Å²) in [5.74, 6) is 0.0729. The minimum atomic E-state index is -0.256. The minimum absolute atomic E-state index is 0.0729. The second-order valence-corrected chi connectivity index (χ2v) is 4.87. The lowest BCUT2D eigenvalue weighted by molar-refractivity contribution is -0.142. The number of hydrogen-bond acceptors (Lipinski definition) is 3. The predicted molar refractivity (Wildman–Crippen MR) is 67.2 cm³/mol. The number of hydrogen-bond donors (Lipinski definition) is 1. The van der Waals surface area contributed by atoms with E-state index >= 15 is 0 Å². The molecule has 0 spiro atoms. The third-order valence-electron chi connectivity index (χ3n) is 2.71. The molecular weight excluding hydrogens is 224 g/mol. The average molecular weight is 244 g/mol. The maximum atomic E-state index is 12.1. The van der Waals surface area contributed by atoms with Crippen molar-refractivity contribution in [3.63, 3.8) is 0 Å². The van der Waals surface area contributed by atoms with Crippen molar-refractivity contribution in [1.82, 2.24) is 4.90 Å². The summed E-state index contributed by atoms with van der Waals surface area (Å²) in [6.45, 7) is 5.27. The van der Waals surface area contributed by atoms with Gasteiger partial charge < -0.3 is 15.4 Å². The van der Waals surface area contributed by atoms with Crippen LogP contribution in [-0.4, -0.2) is 41.1 Å². The van der Waals surface area contributed by atoms with Crippen LogP contribution < -0.4 is 5.73 Å². The van der Waals surface area contributed by atoms with Gasteiger partial charge >= 0.3 is 0 Å². The van der Waals surface area contributed by atoms with Gasteiger partial charge in [-0.15, -0.1) is 0 Å². The first-order valence-electron chi connectivity index (χ1n) is 5.72. The van der Waals surface area contributed by atoms with Crippen LogP contribution in [-0.2, 0) is 9.53 Å². The molecule has 0 radical (unpaired) electrons. The molecule has 1 saturated heterocycles. The summed E-state index contributed by atoms with van der Waals surface area (Å²) < 4.78 is 5.40. The zero-order valence-electron chi connectivity index (χ0n) is 9.94. The highest BCUT2D eigenvalue weighted by Crippen LogP contribution is 2.16. The third kappa shape index (κ3) is 3.72. The van der Waals surface area contributed by atoms with Crippen LogP contribution in [0.2, 0.25) is 0 Å². The molecule has 1 aliphatic rings. The summed E-state index contributed by atoms with van der Waals surface area (Å²) >= 11 is 4.83. The summed E-state index contributed by atoms with van der Waals surface area (Å²) in [4.78, 5) is 14.4. The van der Waals surface area contributed by atoms with Gasteiger partial charge in [0.25, 0.3) is 5.91 Å². The molecule has 16 heavy (non-hydrogen) atoms. The Labute approximate surface area is 102 Å². The van der Waals surface area contributed by atoms with Gasteiger partial charge in [0, 0.05) is 25.6 Å². The zero-order valence-corrected chi connectivity index (χ0v) is 10.8. The Bertz CT molecular complexity index is 263. The van der Waals surface area contributed by atoms with Crippen molar-refractivity contribution in [2.24, 2.45) is 5.73 Å². The second-order valence-electron chi connectivity index (χ2n) is 4.34. The largest absolute Gasteiger partial charge is 0.393 e. The van der Waals surface area contributed by atoms with Gasteiger partial charge in [-0.1, -0.05) is 12.2 Å². The van der Waals surface area contributed by atoms with Crippen LogP contribution in [0.15, 0.2) is 0 Å². The molecule has 0 aromatic carbocycles. The first kappa shape index (κ1) is 13.4. The Balaban J connectivity index is 2.54. The second kappa shape index (κ2) is 6.15. The normalized spacial score (nSPS) is 20.1. The van der Waals surface area contributed by atoms with Crippen molar-refractivity contribution >= 4 is 23.1 Å². The maximum Gasteiger partial charge on any atom is 0.251 e. The smallest absolute Gasteiger partial charge is 0.251 e. The van der Waals surface area contributed by atoms with E-state index in [2.05, 4.69) is 0 Å². The summed E-state index contributed by atoms with van der Waals surface area (Å²) in [6.07, 6.45) is 2.12. The molecule has 0 saturated carbocycles. The molecule has 1 amide bonds. The summed E-state index contributed by atoms with van der Waals surface area (Å²) in [5, 5.41) is 0. The monoisotopic (exact) mass is 244 g/mol. The zero-order chi connectivity index (χ0) is 12.1. The SMILES string of the molecule is CC(C)N(CCC(N)=S)C(=O)C1CCCO1. The van der Waals surface area contributed by atoms with E-state index in [9.17, 15) is 4.79 Å². The van der Waals surface area contributed by atoms with E-state index in [1.807, 2.05) is 13.8 Å². The van der Waals surface area contributed by atoms with E-state index in [1.54, 1.807) is 4.90 Å². The maximum absolute atomic E-state index is 12.1. The van der Waals surface area contributed by atoms with Gasteiger partial charge in [-0.3, -0.25) is 4.79 Å². The van der Waals surface area contributed by atoms with Crippen molar-refractivity contribution in [3.8, 4) is 0 Å². The van der Waals surface area contributed by atoms with Crippen LogP contribution >= 0.6 is 12.2 Å². The van der Waals surface area contributed by atoms with Crippen LogP contribution in [0.4, 0.5) is 0 Å². The average Bonchev–Trinajstić information content (AvgIpc) is 2.69. The standard InChI is InChI=1S/C11H20N2O2S/c1-8(2)13(6-5-10(12)16)11(14)9-4-3-7-15-9/h8-9H,3-7H2,1-2H3,(H2,12,16). The number of nitrogens with two attached hydrogens (primary N) is 1. The quantitative estimate of drug-likeness (QED) is 0.735. The Morgan fingerprint density at radius 3 is 2.75 bits per heavy atom. The van der Waals surface area contributed by atoms with Gasteiger partial charge in [0.05, 0.1) is 4.99 Å². The van der Waals surface area contributed by atoms with Gasteiger partial charge in [0.1, 0.15) is 6.10 Å². The molecule has 0 aromatic rings. The number of carbonyl (C=O) groups excluding carboxylic acids is 1. The molecule has 1 atom stereocenters. The Hall–Kier alpha value is -0.680. The molecule has 0 bridgehead atoms. The number of rotatable bonds is 5. The van der Waals surface area contributed by atoms with Gasteiger partial charge in [-0.05, 0) is 26.7 Å². The van der Waals surface area contributed by atoms with Crippen molar-refractivity contribution in [3.05, 3.63) is 0 Å². The van der Waals surface area contributed by atoms with Crippen LogP contribution in [0.1, 0.15) is 33.1 Å². The molecule has 2 N–H and O–H groups in total. The van der Waals surface area contributed by atoms with Gasteiger partial charge in [-0.2, -0.15) is 0 Å². The van der Waals surface area contributed by atoms with Gasteiger partial charge in [0.15, 0.2) is 0 Å². The highest BCUT2D eigenvalue weighted by atomic mass is 32.1. The molecule has 0 aliphatic carbocycles. The first-order valence-corrected chi connectivity index (χ1v) is 6.13. The van der Waals surface area contributed by atoms with Crippen molar-refractivity contribution in [2.75, 3.05) is 13.2 Å². The van der Waals surface area contributed by atoms with Crippen molar-refractivity contribution in [1.29, 1.82) is 0 Å². The molecule has 1 rings (SSSR count).